The average Bonchev–Trinajstić information content (AvgIpc) is 3.11. The average molecular weight is 302 g/mol. The second-order valence-corrected chi connectivity index (χ2v) is 5.93. The molecule has 2 N–H and O–H groups in total. The highest BCUT2D eigenvalue weighted by molar-refractivity contribution is 5.74. The molecule has 7 nitrogen and oxygen atoms in total. The lowest BCUT2D eigenvalue weighted by Gasteiger charge is -2.14. The van der Waals surface area contributed by atoms with E-state index in [-0.39, 0.29) is 24.1 Å². The molecule has 4 rings (SSSR count). The van der Waals surface area contributed by atoms with E-state index in [1.807, 2.05) is 12.1 Å². The minimum Gasteiger partial charge on any atom is -0.463 e. The Labute approximate surface area is 127 Å². The van der Waals surface area contributed by atoms with E-state index in [0.29, 0.717) is 12.4 Å². The van der Waals surface area contributed by atoms with Crippen LogP contribution in [-0.4, -0.2) is 33.3 Å². The first kappa shape index (κ1) is 13.5. The lowest BCUT2D eigenvalue weighted by Crippen LogP contribution is -2.19. The highest BCUT2D eigenvalue weighted by atomic mass is 16.6. The number of nitrogens with two attached hydrogens (primary N) is 1. The first-order chi connectivity index (χ1) is 10.7. The lowest BCUT2D eigenvalue weighted by atomic mass is 10.1. The van der Waals surface area contributed by atoms with Crippen molar-refractivity contribution in [3.8, 4) is 0 Å². The minimum absolute atomic E-state index is 0.0440. The van der Waals surface area contributed by atoms with Gasteiger partial charge in [0.25, 0.3) is 0 Å². The molecule has 2 atom stereocenters. The van der Waals surface area contributed by atoms with Gasteiger partial charge < -0.3 is 15.2 Å². The number of ether oxygens (including phenoxy) is 2. The summed E-state index contributed by atoms with van der Waals surface area (Å²) in [6.07, 6.45) is 5.02. The number of carbonyl (C=O) groups is 1. The fourth-order valence-corrected chi connectivity index (χ4v) is 2.87. The van der Waals surface area contributed by atoms with Crippen molar-refractivity contribution in [2.45, 2.75) is 37.9 Å². The standard InChI is InChI=1S/C15H18N4O3/c16-14-12-5-4-11(19(12)18-8-17-14)13-6-3-10(22-13)7-21-15(20)9-1-2-9/h4-5,8-10,13H,1-3,6-7H2,(H2,16,17,18). The maximum atomic E-state index is 11.6. The molecule has 2 aromatic heterocycles. The van der Waals surface area contributed by atoms with Gasteiger partial charge in [-0.1, -0.05) is 0 Å². The minimum atomic E-state index is -0.0827. The monoisotopic (exact) mass is 302 g/mol. The molecule has 0 aromatic carbocycles. The van der Waals surface area contributed by atoms with Gasteiger partial charge in [0.05, 0.1) is 17.7 Å². The van der Waals surface area contributed by atoms with E-state index < -0.39 is 0 Å². The molecule has 2 unspecified atom stereocenters. The van der Waals surface area contributed by atoms with Crippen molar-refractivity contribution in [3.63, 3.8) is 0 Å². The summed E-state index contributed by atoms with van der Waals surface area (Å²) in [7, 11) is 0. The quantitative estimate of drug-likeness (QED) is 0.860. The van der Waals surface area contributed by atoms with E-state index in [4.69, 9.17) is 15.2 Å². The Morgan fingerprint density at radius 3 is 3.05 bits per heavy atom. The van der Waals surface area contributed by atoms with Crippen LogP contribution in [-0.2, 0) is 14.3 Å². The van der Waals surface area contributed by atoms with Gasteiger partial charge in [0, 0.05) is 0 Å². The summed E-state index contributed by atoms with van der Waals surface area (Å²) < 4.78 is 13.1. The van der Waals surface area contributed by atoms with Gasteiger partial charge in [-0.05, 0) is 37.8 Å². The number of hydrogen-bond donors (Lipinski definition) is 1. The molecular weight excluding hydrogens is 284 g/mol. The number of esters is 1. The normalized spacial score (nSPS) is 24.7. The number of nitrogens with zero attached hydrogens (tertiary/aromatic N) is 3. The molecule has 1 aliphatic carbocycles. The third-order valence-corrected chi connectivity index (χ3v) is 4.27. The van der Waals surface area contributed by atoms with Gasteiger partial charge in [0.2, 0.25) is 0 Å². The summed E-state index contributed by atoms with van der Waals surface area (Å²) in [4.78, 5) is 15.6. The van der Waals surface area contributed by atoms with E-state index >= 15 is 0 Å². The van der Waals surface area contributed by atoms with Crippen molar-refractivity contribution < 1.29 is 14.3 Å². The van der Waals surface area contributed by atoms with E-state index in [1.54, 1.807) is 4.52 Å². The van der Waals surface area contributed by atoms with Crippen molar-refractivity contribution >= 4 is 17.3 Å². The number of hydrogen-bond acceptors (Lipinski definition) is 6. The maximum Gasteiger partial charge on any atom is 0.309 e. The van der Waals surface area contributed by atoms with E-state index in [0.717, 1.165) is 36.9 Å². The van der Waals surface area contributed by atoms with Crippen LogP contribution in [0.4, 0.5) is 5.82 Å². The Morgan fingerprint density at radius 1 is 1.36 bits per heavy atom. The number of aromatic nitrogens is 3. The molecule has 1 saturated carbocycles. The van der Waals surface area contributed by atoms with Crippen LogP contribution in [0.5, 0.6) is 0 Å². The molecule has 116 valence electrons. The summed E-state index contributed by atoms with van der Waals surface area (Å²) in [6, 6.07) is 3.86. The number of anilines is 1. The van der Waals surface area contributed by atoms with Crippen LogP contribution in [0.15, 0.2) is 18.5 Å². The van der Waals surface area contributed by atoms with Gasteiger partial charge in [-0.15, -0.1) is 0 Å². The van der Waals surface area contributed by atoms with Crippen LogP contribution in [0.25, 0.3) is 5.52 Å². The zero-order valence-electron chi connectivity index (χ0n) is 12.1. The summed E-state index contributed by atoms with van der Waals surface area (Å²) >= 11 is 0. The first-order valence-electron chi connectivity index (χ1n) is 7.62. The number of nitrogen functional groups attached to an aromatic ring is 1. The largest absolute Gasteiger partial charge is 0.463 e. The zero-order chi connectivity index (χ0) is 15.1. The Morgan fingerprint density at radius 2 is 2.23 bits per heavy atom. The highest BCUT2D eigenvalue weighted by Gasteiger charge is 2.34. The van der Waals surface area contributed by atoms with Gasteiger partial charge in [-0.25, -0.2) is 9.50 Å². The SMILES string of the molecule is Nc1ncnn2c(C3CCC(COC(=O)C4CC4)O3)ccc12. The maximum absolute atomic E-state index is 11.6. The lowest BCUT2D eigenvalue weighted by molar-refractivity contribution is -0.149. The third-order valence-electron chi connectivity index (χ3n) is 4.27. The summed E-state index contributed by atoms with van der Waals surface area (Å²) in [5.41, 5.74) is 7.58. The Kier molecular flexibility index (Phi) is 3.22. The third kappa shape index (κ3) is 2.41. The predicted octanol–water partition coefficient (Wildman–Crippen LogP) is 1.48. The van der Waals surface area contributed by atoms with Crippen LogP contribution in [0.3, 0.4) is 0 Å². The number of carbonyl (C=O) groups excluding carboxylic acids is 1. The highest BCUT2D eigenvalue weighted by Crippen LogP contribution is 2.35. The Bertz CT molecular complexity index is 710. The Hall–Kier alpha value is -2.15. The molecule has 0 radical (unpaired) electrons. The first-order valence-corrected chi connectivity index (χ1v) is 7.62. The summed E-state index contributed by atoms with van der Waals surface area (Å²) in [5, 5.41) is 4.24. The smallest absolute Gasteiger partial charge is 0.309 e. The van der Waals surface area contributed by atoms with Crippen LogP contribution in [0.2, 0.25) is 0 Å². The molecule has 0 spiro atoms. The van der Waals surface area contributed by atoms with Crippen LogP contribution >= 0.6 is 0 Å². The Balaban J connectivity index is 1.43. The molecule has 2 aliphatic rings. The molecule has 22 heavy (non-hydrogen) atoms. The summed E-state index contributed by atoms with van der Waals surface area (Å²) in [5.74, 6) is 0.501. The van der Waals surface area contributed by atoms with Crippen molar-refractivity contribution in [3.05, 3.63) is 24.2 Å². The van der Waals surface area contributed by atoms with Gasteiger partial charge in [0.1, 0.15) is 24.6 Å². The second kappa shape index (κ2) is 5.24. The fraction of sp³-hybridized carbons (Fsp3) is 0.533. The molecule has 7 heteroatoms. The zero-order valence-corrected chi connectivity index (χ0v) is 12.1. The topological polar surface area (TPSA) is 91.7 Å². The molecule has 2 fully saturated rings. The van der Waals surface area contributed by atoms with E-state index in [2.05, 4.69) is 10.1 Å². The van der Waals surface area contributed by atoms with Crippen molar-refractivity contribution in [1.82, 2.24) is 14.6 Å². The van der Waals surface area contributed by atoms with Crippen molar-refractivity contribution in [2.75, 3.05) is 12.3 Å². The number of fused-ring (bicyclic) bond motifs is 1. The molecule has 0 bridgehead atoms. The molecule has 2 aromatic rings. The van der Waals surface area contributed by atoms with Crippen LogP contribution < -0.4 is 5.73 Å². The second-order valence-electron chi connectivity index (χ2n) is 5.93. The van der Waals surface area contributed by atoms with Crippen LogP contribution in [0, 0.1) is 5.92 Å². The van der Waals surface area contributed by atoms with Gasteiger partial charge in [-0.3, -0.25) is 4.79 Å². The van der Waals surface area contributed by atoms with Gasteiger partial charge in [0.15, 0.2) is 5.82 Å². The van der Waals surface area contributed by atoms with Crippen molar-refractivity contribution in [2.24, 2.45) is 5.92 Å². The molecule has 3 heterocycles. The van der Waals surface area contributed by atoms with Gasteiger partial charge in [-0.2, -0.15) is 5.10 Å². The molecule has 0 amide bonds. The van der Waals surface area contributed by atoms with E-state index in [1.165, 1.54) is 6.33 Å². The van der Waals surface area contributed by atoms with Gasteiger partial charge >= 0.3 is 5.97 Å². The summed E-state index contributed by atoms with van der Waals surface area (Å²) in [6.45, 7) is 0.340. The fourth-order valence-electron chi connectivity index (χ4n) is 2.87. The van der Waals surface area contributed by atoms with Crippen LogP contribution in [0.1, 0.15) is 37.5 Å². The van der Waals surface area contributed by atoms with E-state index in [9.17, 15) is 4.79 Å². The van der Waals surface area contributed by atoms with Crippen molar-refractivity contribution in [1.29, 1.82) is 0 Å². The molecule has 1 aliphatic heterocycles. The predicted molar refractivity (Wildman–Crippen MR) is 77.9 cm³/mol. The molecular formula is C15H18N4O3. The molecule has 1 saturated heterocycles. The number of rotatable bonds is 4.